The lowest BCUT2D eigenvalue weighted by atomic mass is 9.64. The van der Waals surface area contributed by atoms with E-state index in [0.717, 1.165) is 17.8 Å². The summed E-state index contributed by atoms with van der Waals surface area (Å²) in [5.74, 6) is 2.76. The lowest BCUT2D eigenvalue weighted by molar-refractivity contribution is 0.191. The van der Waals surface area contributed by atoms with Gasteiger partial charge in [-0.1, -0.05) is 30.3 Å². The molecule has 1 saturated carbocycles. The number of nitrogens with one attached hydrogen (secondary N) is 1. The first-order valence-electron chi connectivity index (χ1n) is 5.21. The van der Waals surface area contributed by atoms with E-state index in [2.05, 4.69) is 35.6 Å². The van der Waals surface area contributed by atoms with Gasteiger partial charge in [0.1, 0.15) is 0 Å². The molecule has 1 heterocycles. The van der Waals surface area contributed by atoms with Gasteiger partial charge in [0.05, 0.1) is 0 Å². The summed E-state index contributed by atoms with van der Waals surface area (Å²) in [5.41, 5.74) is 1.55. The van der Waals surface area contributed by atoms with Gasteiger partial charge < -0.3 is 5.32 Å². The van der Waals surface area contributed by atoms with Crippen molar-refractivity contribution in [1.29, 1.82) is 0 Å². The van der Waals surface area contributed by atoms with Gasteiger partial charge in [-0.3, -0.25) is 0 Å². The summed E-state index contributed by atoms with van der Waals surface area (Å²) in [6, 6.07) is 11.0. The summed E-state index contributed by atoms with van der Waals surface area (Å²) in [5, 5.41) is 3.48. The summed E-state index contributed by atoms with van der Waals surface area (Å²) in [4.78, 5) is 0. The van der Waals surface area contributed by atoms with E-state index in [1.54, 1.807) is 5.56 Å². The van der Waals surface area contributed by atoms with Gasteiger partial charge in [0.25, 0.3) is 0 Å². The highest BCUT2D eigenvalue weighted by Gasteiger charge is 2.44. The van der Waals surface area contributed by atoms with Crippen LogP contribution in [0.2, 0.25) is 0 Å². The molecule has 0 aromatic heterocycles. The maximum absolute atomic E-state index is 3.48. The van der Waals surface area contributed by atoms with Crippen LogP contribution in [0.1, 0.15) is 17.9 Å². The Morgan fingerprint density at radius 2 is 1.86 bits per heavy atom. The highest BCUT2D eigenvalue weighted by Crippen LogP contribution is 2.48. The van der Waals surface area contributed by atoms with Crippen molar-refractivity contribution in [3.05, 3.63) is 35.9 Å². The number of benzene rings is 1. The molecule has 1 aromatic rings. The van der Waals surface area contributed by atoms with Crippen molar-refractivity contribution in [1.82, 2.24) is 5.32 Å². The van der Waals surface area contributed by atoms with Gasteiger partial charge in [-0.2, -0.15) is 0 Å². The summed E-state index contributed by atoms with van der Waals surface area (Å²) in [6.07, 6.45) is 1.40. The molecular weight excluding hydrogens is 194 g/mol. The van der Waals surface area contributed by atoms with Gasteiger partial charge in [0.15, 0.2) is 0 Å². The number of hydrogen-bond donors (Lipinski definition) is 1. The molecule has 0 amide bonds. The molecule has 14 heavy (non-hydrogen) atoms. The summed E-state index contributed by atoms with van der Waals surface area (Å²) >= 11 is 0. The minimum atomic E-state index is 0. The van der Waals surface area contributed by atoms with E-state index in [1.165, 1.54) is 19.5 Å². The van der Waals surface area contributed by atoms with Crippen molar-refractivity contribution >= 4 is 12.4 Å². The first-order valence-corrected chi connectivity index (χ1v) is 5.21. The molecule has 1 aliphatic carbocycles. The molecule has 0 unspecified atom stereocenters. The molecule has 1 saturated heterocycles. The molecule has 0 radical (unpaired) electrons. The second-order valence-electron chi connectivity index (χ2n) is 4.34. The van der Waals surface area contributed by atoms with Crippen LogP contribution in [-0.4, -0.2) is 13.1 Å². The monoisotopic (exact) mass is 209 g/mol. The van der Waals surface area contributed by atoms with E-state index in [0.29, 0.717) is 0 Å². The average Bonchev–Trinajstić information content (AvgIpc) is 2.50. The lowest BCUT2D eigenvalue weighted by Crippen LogP contribution is -2.33. The predicted octanol–water partition coefficient (Wildman–Crippen LogP) is 2.43. The number of hydrogen-bond acceptors (Lipinski definition) is 1. The smallest absolute Gasteiger partial charge is 0.00114 e. The molecule has 76 valence electrons. The Morgan fingerprint density at radius 1 is 1.07 bits per heavy atom. The summed E-state index contributed by atoms with van der Waals surface area (Å²) in [7, 11) is 0. The van der Waals surface area contributed by atoms with Gasteiger partial charge in [-0.05, 0) is 42.8 Å². The Morgan fingerprint density at radius 3 is 2.57 bits per heavy atom. The van der Waals surface area contributed by atoms with Crippen molar-refractivity contribution < 1.29 is 0 Å². The Labute approximate surface area is 91.3 Å². The highest BCUT2D eigenvalue weighted by atomic mass is 35.5. The van der Waals surface area contributed by atoms with E-state index in [9.17, 15) is 0 Å². The van der Waals surface area contributed by atoms with Gasteiger partial charge in [-0.25, -0.2) is 0 Å². The van der Waals surface area contributed by atoms with Gasteiger partial charge in [0, 0.05) is 0 Å². The van der Waals surface area contributed by atoms with E-state index >= 15 is 0 Å². The molecule has 2 aliphatic rings. The van der Waals surface area contributed by atoms with E-state index in [1.807, 2.05) is 0 Å². The largest absolute Gasteiger partial charge is 0.316 e. The fraction of sp³-hybridized carbons (Fsp3) is 0.500. The molecule has 3 atom stereocenters. The standard InChI is InChI=1S/C12H15N.ClH/c1-2-4-9(5-3-1)11-6-10-7-13-8-12(10)11;/h1-5,10-13H,6-8H2;1H/t10-,11-,12+;/m1./s1. The second-order valence-corrected chi connectivity index (χ2v) is 4.34. The molecule has 1 N–H and O–H groups in total. The zero-order valence-corrected chi connectivity index (χ0v) is 8.96. The van der Waals surface area contributed by atoms with Crippen molar-refractivity contribution in [2.45, 2.75) is 12.3 Å². The van der Waals surface area contributed by atoms with Crippen molar-refractivity contribution in [3.63, 3.8) is 0 Å². The van der Waals surface area contributed by atoms with E-state index < -0.39 is 0 Å². The minimum absolute atomic E-state index is 0. The first kappa shape index (κ1) is 10.0. The van der Waals surface area contributed by atoms with Crippen LogP contribution in [0.15, 0.2) is 30.3 Å². The Hall–Kier alpha value is -0.530. The molecule has 1 aromatic carbocycles. The third-order valence-corrected chi connectivity index (χ3v) is 3.69. The normalized spacial score (nSPS) is 34.1. The van der Waals surface area contributed by atoms with Crippen molar-refractivity contribution in [2.24, 2.45) is 11.8 Å². The molecule has 1 nitrogen and oxygen atoms in total. The van der Waals surface area contributed by atoms with Crippen LogP contribution in [0.3, 0.4) is 0 Å². The minimum Gasteiger partial charge on any atom is -0.316 e. The zero-order valence-electron chi connectivity index (χ0n) is 8.15. The van der Waals surface area contributed by atoms with Crippen LogP contribution in [0.5, 0.6) is 0 Å². The van der Waals surface area contributed by atoms with Crippen LogP contribution < -0.4 is 5.32 Å². The number of fused-ring (bicyclic) bond motifs is 1. The van der Waals surface area contributed by atoms with Gasteiger partial charge >= 0.3 is 0 Å². The van der Waals surface area contributed by atoms with Gasteiger partial charge in [0.2, 0.25) is 0 Å². The summed E-state index contributed by atoms with van der Waals surface area (Å²) in [6.45, 7) is 2.50. The fourth-order valence-corrected chi connectivity index (χ4v) is 2.87. The first-order chi connectivity index (χ1) is 6.45. The topological polar surface area (TPSA) is 12.0 Å². The van der Waals surface area contributed by atoms with E-state index in [4.69, 9.17) is 0 Å². The molecule has 2 heteroatoms. The van der Waals surface area contributed by atoms with Crippen LogP contribution >= 0.6 is 12.4 Å². The van der Waals surface area contributed by atoms with E-state index in [-0.39, 0.29) is 12.4 Å². The van der Waals surface area contributed by atoms with Crippen LogP contribution in [0, 0.1) is 11.8 Å². The number of halogens is 1. The zero-order chi connectivity index (χ0) is 8.67. The van der Waals surface area contributed by atoms with Crippen molar-refractivity contribution in [3.8, 4) is 0 Å². The average molecular weight is 210 g/mol. The number of rotatable bonds is 1. The fourth-order valence-electron chi connectivity index (χ4n) is 2.87. The Bertz CT molecular complexity index is 298. The Balaban J connectivity index is 0.000000750. The molecule has 0 spiro atoms. The maximum atomic E-state index is 3.48. The molecule has 3 rings (SSSR count). The third-order valence-electron chi connectivity index (χ3n) is 3.69. The maximum Gasteiger partial charge on any atom is -0.00114 e. The van der Waals surface area contributed by atoms with Gasteiger partial charge in [-0.15, -0.1) is 12.4 Å². The SMILES string of the molecule is Cl.c1ccc([C@H]2C[C@@H]3CNC[C@@H]32)cc1. The molecular formula is C12H16ClN. The van der Waals surface area contributed by atoms with Crippen LogP contribution in [0.4, 0.5) is 0 Å². The predicted molar refractivity (Wildman–Crippen MR) is 60.9 cm³/mol. The lowest BCUT2D eigenvalue weighted by Gasteiger charge is -2.40. The summed E-state index contributed by atoms with van der Waals surface area (Å²) < 4.78 is 0. The highest BCUT2D eigenvalue weighted by molar-refractivity contribution is 5.85. The van der Waals surface area contributed by atoms with Crippen LogP contribution in [-0.2, 0) is 0 Å². The quantitative estimate of drug-likeness (QED) is 0.749. The Kier molecular flexibility index (Phi) is 2.80. The molecule has 1 aliphatic heterocycles. The molecule has 2 fully saturated rings. The van der Waals surface area contributed by atoms with Crippen LogP contribution in [0.25, 0.3) is 0 Å². The van der Waals surface area contributed by atoms with Crippen molar-refractivity contribution in [2.75, 3.05) is 13.1 Å². The third kappa shape index (κ3) is 1.45. The molecule has 0 bridgehead atoms. The second kappa shape index (κ2) is 3.92.